The SMILES string of the molecule is Cc1noc(CCNC(=O)NCc2cccc(N3CCOC3=O)c2)n1. The third-order valence-corrected chi connectivity index (χ3v) is 3.63. The summed E-state index contributed by atoms with van der Waals surface area (Å²) in [6.07, 6.45) is 0.125. The second-order valence-corrected chi connectivity index (χ2v) is 5.53. The van der Waals surface area contributed by atoms with Gasteiger partial charge in [0.1, 0.15) is 6.61 Å². The number of rotatable bonds is 6. The molecule has 25 heavy (non-hydrogen) atoms. The summed E-state index contributed by atoms with van der Waals surface area (Å²) in [5, 5.41) is 9.18. The maximum absolute atomic E-state index is 11.8. The molecule has 1 saturated heterocycles. The van der Waals surface area contributed by atoms with Crippen LogP contribution in [-0.2, 0) is 17.7 Å². The predicted molar refractivity (Wildman–Crippen MR) is 88.1 cm³/mol. The average Bonchev–Trinajstić information content (AvgIpc) is 3.21. The fourth-order valence-corrected chi connectivity index (χ4v) is 2.43. The van der Waals surface area contributed by atoms with Crippen molar-refractivity contribution < 1.29 is 18.8 Å². The van der Waals surface area contributed by atoms with Crippen LogP contribution in [0, 0.1) is 6.92 Å². The van der Waals surface area contributed by atoms with Crippen molar-refractivity contribution in [3.05, 3.63) is 41.5 Å². The first-order valence-electron chi connectivity index (χ1n) is 7.96. The van der Waals surface area contributed by atoms with Crippen LogP contribution in [0.2, 0.25) is 0 Å². The number of nitrogens with one attached hydrogen (secondary N) is 2. The Bertz CT molecular complexity index is 760. The number of amides is 3. The number of anilines is 1. The number of aryl methyl sites for hydroxylation is 1. The van der Waals surface area contributed by atoms with Crippen molar-refractivity contribution in [3.8, 4) is 0 Å². The van der Waals surface area contributed by atoms with Crippen molar-refractivity contribution >= 4 is 17.8 Å². The third kappa shape index (κ3) is 4.46. The molecule has 132 valence electrons. The van der Waals surface area contributed by atoms with E-state index >= 15 is 0 Å². The monoisotopic (exact) mass is 345 g/mol. The number of hydrogen-bond acceptors (Lipinski definition) is 6. The van der Waals surface area contributed by atoms with Crippen LogP contribution in [0.15, 0.2) is 28.8 Å². The molecule has 0 bridgehead atoms. The van der Waals surface area contributed by atoms with Gasteiger partial charge in [0.15, 0.2) is 5.82 Å². The minimum absolute atomic E-state index is 0.290. The van der Waals surface area contributed by atoms with E-state index in [1.165, 1.54) is 0 Å². The van der Waals surface area contributed by atoms with Crippen molar-refractivity contribution in [2.75, 3.05) is 24.6 Å². The van der Waals surface area contributed by atoms with Crippen molar-refractivity contribution in [2.24, 2.45) is 0 Å². The maximum Gasteiger partial charge on any atom is 0.414 e. The lowest BCUT2D eigenvalue weighted by Crippen LogP contribution is -2.36. The van der Waals surface area contributed by atoms with Crippen LogP contribution in [0.1, 0.15) is 17.3 Å². The predicted octanol–water partition coefficient (Wildman–Crippen LogP) is 1.38. The van der Waals surface area contributed by atoms with E-state index in [0.29, 0.717) is 44.4 Å². The van der Waals surface area contributed by atoms with Crippen molar-refractivity contribution in [3.63, 3.8) is 0 Å². The smallest absolute Gasteiger partial charge is 0.414 e. The summed E-state index contributed by atoms with van der Waals surface area (Å²) in [7, 11) is 0. The molecule has 9 nitrogen and oxygen atoms in total. The van der Waals surface area contributed by atoms with Gasteiger partial charge in [0.2, 0.25) is 5.89 Å². The number of urea groups is 1. The van der Waals surface area contributed by atoms with Gasteiger partial charge in [-0.1, -0.05) is 17.3 Å². The van der Waals surface area contributed by atoms with Gasteiger partial charge >= 0.3 is 12.1 Å². The van der Waals surface area contributed by atoms with Gasteiger partial charge in [-0.15, -0.1) is 0 Å². The number of nitrogens with zero attached hydrogens (tertiary/aromatic N) is 3. The number of carbonyl (C=O) groups is 2. The molecule has 1 aromatic heterocycles. The Morgan fingerprint density at radius 3 is 2.96 bits per heavy atom. The van der Waals surface area contributed by atoms with Gasteiger partial charge in [-0.05, 0) is 24.6 Å². The van der Waals surface area contributed by atoms with Crippen LogP contribution in [0.3, 0.4) is 0 Å². The zero-order valence-electron chi connectivity index (χ0n) is 13.8. The Morgan fingerprint density at radius 2 is 2.24 bits per heavy atom. The van der Waals surface area contributed by atoms with Gasteiger partial charge < -0.3 is 19.9 Å². The van der Waals surface area contributed by atoms with Gasteiger partial charge in [0, 0.05) is 25.2 Å². The minimum atomic E-state index is -0.348. The molecular weight excluding hydrogens is 326 g/mol. The first-order chi connectivity index (χ1) is 12.1. The molecule has 1 aliphatic rings. The standard InChI is InChI=1S/C16H19N5O4/c1-11-19-14(25-20-11)5-6-17-15(22)18-10-12-3-2-4-13(9-12)21-7-8-24-16(21)23/h2-4,9H,5-8,10H2,1H3,(H2,17,18,22). The lowest BCUT2D eigenvalue weighted by Gasteiger charge is -2.14. The van der Waals surface area contributed by atoms with E-state index in [1.807, 2.05) is 24.3 Å². The Hall–Kier alpha value is -3.10. The third-order valence-electron chi connectivity index (χ3n) is 3.63. The molecule has 9 heteroatoms. The van der Waals surface area contributed by atoms with E-state index in [2.05, 4.69) is 20.8 Å². The van der Waals surface area contributed by atoms with E-state index in [-0.39, 0.29) is 12.1 Å². The van der Waals surface area contributed by atoms with Crippen molar-refractivity contribution in [1.82, 2.24) is 20.8 Å². The molecule has 3 rings (SSSR count). The van der Waals surface area contributed by atoms with Crippen LogP contribution in [0.4, 0.5) is 15.3 Å². The summed E-state index contributed by atoms with van der Waals surface area (Å²) in [6, 6.07) is 7.12. The van der Waals surface area contributed by atoms with Gasteiger partial charge in [0.05, 0.1) is 6.54 Å². The second kappa shape index (κ2) is 7.65. The van der Waals surface area contributed by atoms with Gasteiger partial charge in [0.25, 0.3) is 0 Å². The summed E-state index contributed by atoms with van der Waals surface area (Å²) in [6.45, 7) is 3.41. The van der Waals surface area contributed by atoms with Crippen molar-refractivity contribution in [1.29, 1.82) is 0 Å². The molecule has 0 spiro atoms. The number of hydrogen-bond donors (Lipinski definition) is 2. The molecule has 0 unspecified atom stereocenters. The normalized spacial score (nSPS) is 13.6. The summed E-state index contributed by atoms with van der Waals surface area (Å²) < 4.78 is 9.90. The highest BCUT2D eigenvalue weighted by atomic mass is 16.6. The molecule has 2 aromatic rings. The molecule has 0 aliphatic carbocycles. The lowest BCUT2D eigenvalue weighted by molar-refractivity contribution is 0.181. The van der Waals surface area contributed by atoms with Crippen LogP contribution in [0.25, 0.3) is 0 Å². The molecule has 1 fully saturated rings. The summed E-state index contributed by atoms with van der Waals surface area (Å²) in [5.74, 6) is 1.06. The van der Waals surface area contributed by atoms with Gasteiger partial charge in [-0.2, -0.15) is 4.98 Å². The molecule has 3 amide bonds. The van der Waals surface area contributed by atoms with Gasteiger partial charge in [-0.3, -0.25) is 4.90 Å². The zero-order chi connectivity index (χ0) is 17.6. The highest BCUT2D eigenvalue weighted by Crippen LogP contribution is 2.19. The maximum atomic E-state index is 11.8. The molecular formula is C16H19N5O4. The number of carbonyl (C=O) groups excluding carboxylic acids is 2. The Balaban J connectivity index is 1.44. The zero-order valence-corrected chi connectivity index (χ0v) is 13.8. The fraction of sp³-hybridized carbons (Fsp3) is 0.375. The van der Waals surface area contributed by atoms with Crippen LogP contribution >= 0.6 is 0 Å². The second-order valence-electron chi connectivity index (χ2n) is 5.53. The van der Waals surface area contributed by atoms with E-state index < -0.39 is 0 Å². The quantitative estimate of drug-likeness (QED) is 0.818. The van der Waals surface area contributed by atoms with Crippen molar-refractivity contribution in [2.45, 2.75) is 19.9 Å². The first-order valence-corrected chi connectivity index (χ1v) is 7.96. The highest BCUT2D eigenvalue weighted by Gasteiger charge is 2.23. The summed E-state index contributed by atoms with van der Waals surface area (Å²) >= 11 is 0. The molecule has 2 heterocycles. The molecule has 0 radical (unpaired) electrons. The fourth-order valence-electron chi connectivity index (χ4n) is 2.43. The Kier molecular flexibility index (Phi) is 5.12. The van der Waals surface area contributed by atoms with Crippen LogP contribution in [-0.4, -0.2) is 42.0 Å². The van der Waals surface area contributed by atoms with Crippen LogP contribution < -0.4 is 15.5 Å². The first kappa shape index (κ1) is 16.7. The average molecular weight is 345 g/mol. The minimum Gasteiger partial charge on any atom is -0.447 e. The number of cyclic esters (lactones) is 1. The Labute approximate surface area is 144 Å². The lowest BCUT2D eigenvalue weighted by atomic mass is 10.2. The molecule has 0 saturated carbocycles. The van der Waals surface area contributed by atoms with Gasteiger partial charge in [-0.25, -0.2) is 9.59 Å². The largest absolute Gasteiger partial charge is 0.447 e. The molecule has 1 aliphatic heterocycles. The van der Waals surface area contributed by atoms with E-state index in [0.717, 1.165) is 11.3 Å². The highest BCUT2D eigenvalue weighted by molar-refractivity contribution is 5.89. The topological polar surface area (TPSA) is 110 Å². The number of aromatic nitrogens is 2. The summed E-state index contributed by atoms with van der Waals surface area (Å²) in [4.78, 5) is 29.1. The van der Waals surface area contributed by atoms with E-state index in [4.69, 9.17) is 9.26 Å². The van der Waals surface area contributed by atoms with E-state index in [1.54, 1.807) is 11.8 Å². The molecule has 0 atom stereocenters. The van der Waals surface area contributed by atoms with E-state index in [9.17, 15) is 9.59 Å². The number of benzene rings is 1. The number of ether oxygens (including phenoxy) is 1. The Morgan fingerprint density at radius 1 is 1.36 bits per heavy atom. The molecule has 1 aromatic carbocycles. The molecule has 2 N–H and O–H groups in total. The van der Waals surface area contributed by atoms with Crippen LogP contribution in [0.5, 0.6) is 0 Å². The summed E-state index contributed by atoms with van der Waals surface area (Å²) in [5.41, 5.74) is 1.65.